The second-order valence-corrected chi connectivity index (χ2v) is 6.17. The van der Waals surface area contributed by atoms with E-state index >= 15 is 0 Å². The van der Waals surface area contributed by atoms with E-state index in [0.717, 1.165) is 5.56 Å². The highest BCUT2D eigenvalue weighted by atomic mass is 16.5. The van der Waals surface area contributed by atoms with E-state index in [0.29, 0.717) is 5.56 Å². The molecule has 2 aromatic carbocycles. The van der Waals surface area contributed by atoms with Crippen LogP contribution in [0, 0.1) is 0 Å². The molecule has 0 heterocycles. The summed E-state index contributed by atoms with van der Waals surface area (Å²) in [4.78, 5) is 11.9. The number of methoxy groups -OCH3 is 1. The zero-order valence-electron chi connectivity index (χ0n) is 15.8. The van der Waals surface area contributed by atoms with Crippen molar-refractivity contribution in [2.45, 2.75) is 24.9 Å². The summed E-state index contributed by atoms with van der Waals surface area (Å²) in [5, 5.41) is 20.6. The Balaban J connectivity index is 1.88. The minimum atomic E-state index is -1.09. The van der Waals surface area contributed by atoms with E-state index in [1.54, 1.807) is 24.3 Å². The molecule has 0 aliphatic carbocycles. The molecule has 0 aromatic heterocycles. The van der Waals surface area contributed by atoms with Crippen LogP contribution < -0.4 is 0 Å². The van der Waals surface area contributed by atoms with Gasteiger partial charge in [-0.3, -0.25) is 0 Å². The first-order valence-corrected chi connectivity index (χ1v) is 9.01. The second kappa shape index (κ2) is 12.0. The molecule has 2 rings (SSSR count). The summed E-state index contributed by atoms with van der Waals surface area (Å²) in [5.74, 6) is -0.448. The number of hydrogen-bond donors (Lipinski definition) is 2. The monoisotopic (exact) mass is 386 g/mol. The van der Waals surface area contributed by atoms with Gasteiger partial charge in [-0.15, -0.1) is 0 Å². The highest BCUT2D eigenvalue weighted by Crippen LogP contribution is 2.12. The highest BCUT2D eigenvalue weighted by Gasteiger charge is 2.26. The molecule has 3 unspecified atom stereocenters. The van der Waals surface area contributed by atoms with Gasteiger partial charge in [-0.05, 0) is 23.8 Å². The van der Waals surface area contributed by atoms with Gasteiger partial charge in [-0.1, -0.05) is 54.6 Å². The number of ether oxygens (including phenoxy) is 3. The number of rotatable bonds is 11. The quantitative estimate of drug-likeness (QED) is 0.456. The summed E-state index contributed by atoms with van der Waals surface area (Å²) in [5.41, 5.74) is 1.38. The van der Waals surface area contributed by atoms with Gasteiger partial charge in [0.25, 0.3) is 0 Å². The van der Waals surface area contributed by atoms with Gasteiger partial charge in [0, 0.05) is 7.11 Å². The Kier molecular flexibility index (Phi) is 9.37. The minimum Gasteiger partial charge on any atom is -0.458 e. The third-order valence-electron chi connectivity index (χ3n) is 3.99. The van der Waals surface area contributed by atoms with Crippen molar-refractivity contribution in [2.24, 2.45) is 0 Å². The number of aliphatic hydroxyl groups excluding tert-OH is 2. The van der Waals surface area contributed by atoms with E-state index in [4.69, 9.17) is 14.2 Å². The van der Waals surface area contributed by atoms with E-state index in [2.05, 4.69) is 0 Å². The van der Waals surface area contributed by atoms with Crippen molar-refractivity contribution < 1.29 is 29.2 Å². The van der Waals surface area contributed by atoms with Crippen LogP contribution in [0.2, 0.25) is 0 Å². The van der Waals surface area contributed by atoms with Crippen molar-refractivity contribution in [2.75, 3.05) is 20.3 Å². The van der Waals surface area contributed by atoms with Crippen molar-refractivity contribution in [3.63, 3.8) is 0 Å². The Morgan fingerprint density at radius 2 is 1.68 bits per heavy atom. The molecule has 150 valence electrons. The summed E-state index contributed by atoms with van der Waals surface area (Å²) in [6.45, 7) is 0.254. The predicted molar refractivity (Wildman–Crippen MR) is 105 cm³/mol. The molecule has 6 heteroatoms. The zero-order chi connectivity index (χ0) is 20.2. The van der Waals surface area contributed by atoms with E-state index in [-0.39, 0.29) is 19.8 Å². The van der Waals surface area contributed by atoms with Crippen molar-refractivity contribution in [1.82, 2.24) is 0 Å². The van der Waals surface area contributed by atoms with Crippen LogP contribution in [0.15, 0.2) is 72.8 Å². The SMILES string of the molecule is COCC(O)C(OCc1ccccc1)C(O)C=CCOC(=O)c1ccccc1. The van der Waals surface area contributed by atoms with E-state index in [1.165, 1.54) is 19.3 Å². The molecule has 6 nitrogen and oxygen atoms in total. The fraction of sp³-hybridized carbons (Fsp3) is 0.318. The molecular formula is C22H26O6. The molecule has 0 fully saturated rings. The Morgan fingerprint density at radius 3 is 2.32 bits per heavy atom. The number of carbonyl (C=O) groups excluding carboxylic acids is 1. The van der Waals surface area contributed by atoms with Gasteiger partial charge in [0.1, 0.15) is 24.9 Å². The van der Waals surface area contributed by atoms with Gasteiger partial charge >= 0.3 is 5.97 Å². The number of hydrogen-bond acceptors (Lipinski definition) is 6. The van der Waals surface area contributed by atoms with E-state index < -0.39 is 24.3 Å². The molecule has 0 amide bonds. The first-order valence-electron chi connectivity index (χ1n) is 9.01. The summed E-state index contributed by atoms with van der Waals surface area (Å²) in [6.07, 6.45) is -0.0396. The second-order valence-electron chi connectivity index (χ2n) is 6.17. The van der Waals surface area contributed by atoms with Gasteiger partial charge in [0.2, 0.25) is 0 Å². The first-order chi connectivity index (χ1) is 13.6. The highest BCUT2D eigenvalue weighted by molar-refractivity contribution is 5.89. The lowest BCUT2D eigenvalue weighted by Crippen LogP contribution is -2.41. The average Bonchev–Trinajstić information content (AvgIpc) is 2.73. The maximum Gasteiger partial charge on any atom is 0.338 e. The molecule has 0 saturated carbocycles. The van der Waals surface area contributed by atoms with Crippen molar-refractivity contribution in [3.05, 3.63) is 83.9 Å². The number of carbonyl (C=O) groups is 1. The third-order valence-corrected chi connectivity index (χ3v) is 3.99. The van der Waals surface area contributed by atoms with Crippen LogP contribution in [0.5, 0.6) is 0 Å². The Labute approximate surface area is 165 Å². The number of aliphatic hydroxyl groups is 2. The summed E-state index contributed by atoms with van der Waals surface area (Å²) in [6, 6.07) is 18.1. The predicted octanol–water partition coefficient (Wildman–Crippen LogP) is 2.35. The standard InChI is InChI=1S/C22H26O6/c1-26-16-20(24)21(28-15-17-9-4-2-5-10-17)19(23)13-8-14-27-22(25)18-11-6-3-7-12-18/h2-13,19-21,23-24H,14-16H2,1H3. The van der Waals surface area contributed by atoms with Gasteiger partial charge in [-0.2, -0.15) is 0 Å². The fourth-order valence-corrected chi connectivity index (χ4v) is 2.56. The van der Waals surface area contributed by atoms with Crippen molar-refractivity contribution >= 4 is 5.97 Å². The molecule has 28 heavy (non-hydrogen) atoms. The molecule has 0 aliphatic heterocycles. The van der Waals surface area contributed by atoms with Crippen molar-refractivity contribution in [1.29, 1.82) is 0 Å². The van der Waals surface area contributed by atoms with Crippen LogP contribution in [-0.4, -0.2) is 54.8 Å². The third kappa shape index (κ3) is 7.25. The van der Waals surface area contributed by atoms with Crippen LogP contribution in [0.3, 0.4) is 0 Å². The number of benzene rings is 2. The molecule has 0 aliphatic rings. The van der Waals surface area contributed by atoms with Gasteiger partial charge < -0.3 is 24.4 Å². The van der Waals surface area contributed by atoms with E-state index in [9.17, 15) is 15.0 Å². The maximum absolute atomic E-state index is 11.9. The topological polar surface area (TPSA) is 85.2 Å². The molecule has 0 spiro atoms. The molecule has 2 aromatic rings. The molecule has 3 atom stereocenters. The lowest BCUT2D eigenvalue weighted by Gasteiger charge is -2.26. The molecule has 0 saturated heterocycles. The van der Waals surface area contributed by atoms with Crippen LogP contribution in [0.1, 0.15) is 15.9 Å². The Bertz CT molecular complexity index is 716. The van der Waals surface area contributed by atoms with Gasteiger partial charge in [0.15, 0.2) is 0 Å². The van der Waals surface area contributed by atoms with Gasteiger partial charge in [0.05, 0.1) is 18.8 Å². The van der Waals surface area contributed by atoms with Crippen molar-refractivity contribution in [3.8, 4) is 0 Å². The van der Waals surface area contributed by atoms with Crippen LogP contribution in [0.4, 0.5) is 0 Å². The molecular weight excluding hydrogens is 360 g/mol. The van der Waals surface area contributed by atoms with E-state index in [1.807, 2.05) is 36.4 Å². The Morgan fingerprint density at radius 1 is 1.04 bits per heavy atom. The average molecular weight is 386 g/mol. The molecule has 0 bridgehead atoms. The van der Waals surface area contributed by atoms with Crippen LogP contribution in [0.25, 0.3) is 0 Å². The van der Waals surface area contributed by atoms with Gasteiger partial charge in [-0.25, -0.2) is 4.79 Å². The molecule has 0 radical (unpaired) electrons. The molecule has 2 N–H and O–H groups in total. The number of esters is 1. The summed E-state index contributed by atoms with van der Waals surface area (Å²) >= 11 is 0. The lowest BCUT2D eigenvalue weighted by molar-refractivity contribution is -0.110. The largest absolute Gasteiger partial charge is 0.458 e. The summed E-state index contributed by atoms with van der Waals surface area (Å²) < 4.78 is 15.8. The fourth-order valence-electron chi connectivity index (χ4n) is 2.56. The summed E-state index contributed by atoms with van der Waals surface area (Å²) in [7, 11) is 1.46. The smallest absolute Gasteiger partial charge is 0.338 e. The Hall–Kier alpha value is -2.51. The van der Waals surface area contributed by atoms with Crippen LogP contribution >= 0.6 is 0 Å². The first kappa shape index (κ1) is 21.8. The minimum absolute atomic E-state index is 0.00341. The normalized spacial score (nSPS) is 14.5. The maximum atomic E-state index is 11.9. The lowest BCUT2D eigenvalue weighted by atomic mass is 10.1. The zero-order valence-corrected chi connectivity index (χ0v) is 15.8. The van der Waals surface area contributed by atoms with Crippen LogP contribution in [-0.2, 0) is 20.8 Å².